The van der Waals surface area contributed by atoms with Crippen LogP contribution in [0.5, 0.6) is 5.75 Å². The van der Waals surface area contributed by atoms with E-state index < -0.39 is 0 Å². The van der Waals surface area contributed by atoms with E-state index in [1.54, 1.807) is 6.07 Å². The summed E-state index contributed by atoms with van der Waals surface area (Å²) in [6, 6.07) is 43.2. The van der Waals surface area contributed by atoms with Crippen molar-refractivity contribution in [2.45, 2.75) is 12.3 Å². The second-order valence-corrected chi connectivity index (χ2v) is 9.71. The number of rotatable bonds is 2. The van der Waals surface area contributed by atoms with Gasteiger partial charge in [-0.3, -0.25) is 0 Å². The third kappa shape index (κ3) is 2.88. The Balaban J connectivity index is 1.47. The van der Waals surface area contributed by atoms with Gasteiger partial charge in [0.1, 0.15) is 5.75 Å². The van der Waals surface area contributed by atoms with E-state index >= 15 is 0 Å². The van der Waals surface area contributed by atoms with Crippen LogP contribution < -0.4 is 0 Å². The van der Waals surface area contributed by atoms with E-state index in [-0.39, 0.29) is 5.41 Å². The second-order valence-electron chi connectivity index (χ2n) is 9.71. The van der Waals surface area contributed by atoms with Crippen LogP contribution in [-0.2, 0) is 5.41 Å². The minimum Gasteiger partial charge on any atom is -0.508 e. The van der Waals surface area contributed by atoms with Gasteiger partial charge in [0, 0.05) is 5.41 Å². The summed E-state index contributed by atoms with van der Waals surface area (Å²) in [6.45, 7) is 2.37. The maximum absolute atomic E-state index is 9.98. The number of aromatic hydroxyl groups is 1. The normalized spacial score (nSPS) is 13.6. The SMILES string of the molecule is CC1(c2ccccc2-c2ccc3cc4ccc(O)cc4cc3c2)c2ccccc2-c2ccccc21. The van der Waals surface area contributed by atoms with Gasteiger partial charge < -0.3 is 5.11 Å². The molecule has 0 heterocycles. The molecule has 0 fully saturated rings. The molecule has 1 heteroatoms. The van der Waals surface area contributed by atoms with Crippen molar-refractivity contribution >= 4 is 21.5 Å². The molecule has 0 radical (unpaired) electrons. The predicted octanol–water partition coefficient (Wildman–Crippen LogP) is 8.70. The minimum absolute atomic E-state index is 0.242. The maximum atomic E-state index is 9.98. The highest BCUT2D eigenvalue weighted by atomic mass is 16.3. The molecular weight excluding hydrogens is 424 g/mol. The van der Waals surface area contributed by atoms with Crippen molar-refractivity contribution in [2.24, 2.45) is 0 Å². The van der Waals surface area contributed by atoms with Crippen molar-refractivity contribution in [3.8, 4) is 28.0 Å². The zero-order chi connectivity index (χ0) is 23.6. The van der Waals surface area contributed by atoms with E-state index in [4.69, 9.17) is 0 Å². The standard InChI is InChI=1S/C34H24O/c1-34(32-12-6-3-9-29(32)30-10-4-7-13-33(30)34)31-11-5-2-8-28(31)24-15-14-22-18-23-16-17-27(35)21-26(23)20-25(22)19-24/h2-21,35H,1H3. The minimum atomic E-state index is -0.242. The lowest BCUT2D eigenvalue weighted by Gasteiger charge is -2.30. The summed E-state index contributed by atoms with van der Waals surface area (Å²) in [5, 5.41) is 14.5. The smallest absolute Gasteiger partial charge is 0.116 e. The first-order valence-electron chi connectivity index (χ1n) is 12.1. The highest BCUT2D eigenvalue weighted by Crippen LogP contribution is 2.54. The molecule has 0 unspecified atom stereocenters. The first-order valence-corrected chi connectivity index (χ1v) is 12.1. The van der Waals surface area contributed by atoms with Gasteiger partial charge in [-0.2, -0.15) is 0 Å². The largest absolute Gasteiger partial charge is 0.508 e. The third-order valence-electron chi connectivity index (χ3n) is 7.78. The van der Waals surface area contributed by atoms with Crippen molar-refractivity contribution in [1.82, 2.24) is 0 Å². The van der Waals surface area contributed by atoms with Gasteiger partial charge in [0.15, 0.2) is 0 Å². The number of phenols is 1. The molecule has 1 N–H and O–H groups in total. The fraction of sp³-hybridized carbons (Fsp3) is 0.0588. The third-order valence-corrected chi connectivity index (χ3v) is 7.78. The average Bonchev–Trinajstić information content (AvgIpc) is 3.17. The summed E-state index contributed by atoms with van der Waals surface area (Å²) in [5.74, 6) is 0.296. The Bertz CT molecular complexity index is 1730. The fourth-order valence-electron chi connectivity index (χ4n) is 6.07. The number of fused-ring (bicyclic) bond motifs is 5. The lowest BCUT2D eigenvalue weighted by molar-refractivity contribution is 0.476. The fourth-order valence-corrected chi connectivity index (χ4v) is 6.07. The number of hydrogen-bond acceptors (Lipinski definition) is 1. The van der Waals surface area contributed by atoms with Crippen LogP contribution >= 0.6 is 0 Å². The summed E-state index contributed by atoms with van der Waals surface area (Å²) in [7, 11) is 0. The van der Waals surface area contributed by atoms with Crippen LogP contribution in [0.1, 0.15) is 23.6 Å². The highest BCUT2D eigenvalue weighted by Gasteiger charge is 2.41. The molecule has 0 saturated carbocycles. The summed E-state index contributed by atoms with van der Waals surface area (Å²) in [5.41, 5.74) is 8.89. The molecule has 0 atom stereocenters. The molecule has 0 aliphatic heterocycles. The van der Waals surface area contributed by atoms with E-state index in [2.05, 4.69) is 110 Å². The van der Waals surface area contributed by atoms with Crippen molar-refractivity contribution in [1.29, 1.82) is 0 Å². The summed E-state index contributed by atoms with van der Waals surface area (Å²) in [6.07, 6.45) is 0. The van der Waals surface area contributed by atoms with E-state index in [1.165, 1.54) is 49.7 Å². The Morgan fingerprint density at radius 3 is 1.60 bits per heavy atom. The lowest BCUT2D eigenvalue weighted by atomic mass is 9.71. The quantitative estimate of drug-likeness (QED) is 0.263. The molecule has 7 rings (SSSR count). The average molecular weight is 449 g/mol. The topological polar surface area (TPSA) is 20.2 Å². The Kier molecular flexibility index (Phi) is 4.19. The molecule has 1 nitrogen and oxygen atoms in total. The van der Waals surface area contributed by atoms with Crippen LogP contribution in [0.3, 0.4) is 0 Å². The molecule has 0 bridgehead atoms. The van der Waals surface area contributed by atoms with E-state index in [0.29, 0.717) is 5.75 Å². The molecule has 1 aliphatic carbocycles. The lowest BCUT2D eigenvalue weighted by Crippen LogP contribution is -2.23. The van der Waals surface area contributed by atoms with Gasteiger partial charge in [-0.05, 0) is 97.7 Å². The molecule has 0 saturated heterocycles. The van der Waals surface area contributed by atoms with E-state index in [0.717, 1.165) is 10.8 Å². The van der Waals surface area contributed by atoms with Crippen LogP contribution in [-0.4, -0.2) is 5.11 Å². The van der Waals surface area contributed by atoms with Gasteiger partial charge in [-0.25, -0.2) is 0 Å². The Labute approximate surface area is 204 Å². The zero-order valence-electron chi connectivity index (χ0n) is 19.5. The van der Waals surface area contributed by atoms with E-state index in [1.807, 2.05) is 12.1 Å². The van der Waals surface area contributed by atoms with Crippen LogP contribution in [0.4, 0.5) is 0 Å². The molecule has 35 heavy (non-hydrogen) atoms. The molecular formula is C34H24O. The van der Waals surface area contributed by atoms with Crippen molar-refractivity contribution in [3.05, 3.63) is 138 Å². The Morgan fingerprint density at radius 2 is 0.943 bits per heavy atom. The van der Waals surface area contributed by atoms with Gasteiger partial charge in [0.05, 0.1) is 0 Å². The molecule has 6 aromatic rings. The van der Waals surface area contributed by atoms with Crippen LogP contribution in [0.25, 0.3) is 43.8 Å². The van der Waals surface area contributed by atoms with Crippen molar-refractivity contribution in [3.63, 3.8) is 0 Å². The molecule has 166 valence electrons. The first-order chi connectivity index (χ1) is 17.1. The summed E-state index contributed by atoms with van der Waals surface area (Å²) < 4.78 is 0. The number of benzene rings is 6. The predicted molar refractivity (Wildman–Crippen MR) is 146 cm³/mol. The monoisotopic (exact) mass is 448 g/mol. The maximum Gasteiger partial charge on any atom is 0.116 e. The second kappa shape index (κ2) is 7.32. The summed E-state index contributed by atoms with van der Waals surface area (Å²) >= 11 is 0. The molecule has 6 aromatic carbocycles. The van der Waals surface area contributed by atoms with E-state index in [9.17, 15) is 5.11 Å². The number of hydrogen-bond donors (Lipinski definition) is 1. The Hall–Kier alpha value is -4.36. The van der Waals surface area contributed by atoms with Crippen LogP contribution in [0.15, 0.2) is 121 Å². The first kappa shape index (κ1) is 20.1. The van der Waals surface area contributed by atoms with Crippen molar-refractivity contribution in [2.75, 3.05) is 0 Å². The van der Waals surface area contributed by atoms with Gasteiger partial charge in [-0.15, -0.1) is 0 Å². The van der Waals surface area contributed by atoms with Gasteiger partial charge >= 0.3 is 0 Å². The van der Waals surface area contributed by atoms with Gasteiger partial charge in [0.2, 0.25) is 0 Å². The highest BCUT2D eigenvalue weighted by molar-refractivity contribution is 6.00. The number of phenolic OH excluding ortho intramolecular Hbond substituents is 1. The molecule has 0 amide bonds. The van der Waals surface area contributed by atoms with Gasteiger partial charge in [-0.1, -0.05) is 91.0 Å². The van der Waals surface area contributed by atoms with Crippen LogP contribution in [0, 0.1) is 0 Å². The molecule has 0 aromatic heterocycles. The molecule has 1 aliphatic rings. The van der Waals surface area contributed by atoms with Crippen molar-refractivity contribution < 1.29 is 5.11 Å². The molecule has 0 spiro atoms. The summed E-state index contributed by atoms with van der Waals surface area (Å²) in [4.78, 5) is 0. The van der Waals surface area contributed by atoms with Crippen LogP contribution in [0.2, 0.25) is 0 Å². The zero-order valence-corrected chi connectivity index (χ0v) is 19.5. The Morgan fingerprint density at radius 1 is 0.457 bits per heavy atom. The van der Waals surface area contributed by atoms with Gasteiger partial charge in [0.25, 0.3) is 0 Å².